The molecule has 1 amide bonds. The van der Waals surface area contributed by atoms with E-state index in [2.05, 4.69) is 71.0 Å². The molecule has 13 nitrogen and oxygen atoms in total. The average Bonchev–Trinajstić information content (AvgIpc) is 3.46. The van der Waals surface area contributed by atoms with Gasteiger partial charge in [0.15, 0.2) is 0 Å². The fraction of sp³-hybridized carbons (Fsp3) is 0.450. The van der Waals surface area contributed by atoms with Crippen LogP contribution in [0.25, 0.3) is 5.57 Å². The highest BCUT2D eigenvalue weighted by Crippen LogP contribution is 2.43. The summed E-state index contributed by atoms with van der Waals surface area (Å²) in [6, 6.07) is 33.6. The second-order valence-corrected chi connectivity index (χ2v) is 26.8. The zero-order valence-corrected chi connectivity index (χ0v) is 48.8. The molecule has 5 aromatic rings. The predicted molar refractivity (Wildman–Crippen MR) is 308 cm³/mol. The second kappa shape index (κ2) is 27.4. The summed E-state index contributed by atoms with van der Waals surface area (Å²) in [7, 11) is -10.9. The Balaban J connectivity index is 0.000000420. The number of alkyl halides is 3. The number of carbonyl (C=O) groups excluding carboxylic acids is 1. The number of hydrogen-bond acceptors (Lipinski definition) is 13. The molecule has 1 aliphatic carbocycles. The molecular formula is C60H72ClF3N4O9S3. The highest BCUT2D eigenvalue weighted by molar-refractivity contribution is 7.99. The monoisotopic (exact) mass is 1180 g/mol. The third-order valence-electron chi connectivity index (χ3n) is 14.9. The number of rotatable bonds is 18. The van der Waals surface area contributed by atoms with E-state index in [1.807, 2.05) is 23.9 Å². The number of unbranched alkanes of at least 4 members (excludes halogenated alkanes) is 1. The van der Waals surface area contributed by atoms with Crippen LogP contribution in [-0.4, -0.2) is 138 Å². The van der Waals surface area contributed by atoms with E-state index in [1.165, 1.54) is 83.1 Å². The quantitative estimate of drug-likeness (QED) is 0.0656. The van der Waals surface area contributed by atoms with Gasteiger partial charge in [-0.15, -0.1) is 11.8 Å². The van der Waals surface area contributed by atoms with E-state index in [9.17, 15) is 39.9 Å². The summed E-state index contributed by atoms with van der Waals surface area (Å²) in [5.41, 5.74) is -0.669. The molecule has 432 valence electrons. The van der Waals surface area contributed by atoms with Crippen LogP contribution in [0.5, 0.6) is 5.75 Å². The van der Waals surface area contributed by atoms with Crippen molar-refractivity contribution in [2.75, 3.05) is 82.8 Å². The van der Waals surface area contributed by atoms with Crippen molar-refractivity contribution in [3.05, 3.63) is 154 Å². The summed E-state index contributed by atoms with van der Waals surface area (Å²) < 4.78 is 112. The Hall–Kier alpha value is -4.96. The van der Waals surface area contributed by atoms with Crippen LogP contribution in [0.4, 0.5) is 18.9 Å². The number of aliphatic hydroxyl groups excluding tert-OH is 1. The number of amides is 1. The molecule has 0 radical (unpaired) electrons. The van der Waals surface area contributed by atoms with Crippen LogP contribution < -0.4 is 9.64 Å². The van der Waals surface area contributed by atoms with Gasteiger partial charge in [-0.3, -0.25) is 14.6 Å². The van der Waals surface area contributed by atoms with E-state index >= 15 is 0 Å². The van der Waals surface area contributed by atoms with E-state index in [0.717, 1.165) is 89.9 Å². The Labute approximate surface area is 479 Å². The first-order valence-corrected chi connectivity index (χ1v) is 31.5. The Morgan fingerprint density at radius 3 is 2.19 bits per heavy atom. The number of allylic oxidation sites excluding steroid dienone is 1. The van der Waals surface area contributed by atoms with Crippen molar-refractivity contribution >= 4 is 60.4 Å². The summed E-state index contributed by atoms with van der Waals surface area (Å²) in [5.74, 6) is 0.556. The normalized spacial score (nSPS) is 19.5. The number of sulfone groups is 1. The van der Waals surface area contributed by atoms with Gasteiger partial charge in [0.1, 0.15) is 11.9 Å². The molecule has 0 saturated carbocycles. The van der Waals surface area contributed by atoms with Gasteiger partial charge in [-0.2, -0.15) is 13.2 Å². The molecule has 3 heterocycles. The molecule has 5 aromatic carbocycles. The number of carbonyl (C=O) groups is 1. The Morgan fingerprint density at radius 1 is 0.838 bits per heavy atom. The average molecular weight is 1180 g/mol. The van der Waals surface area contributed by atoms with Gasteiger partial charge in [0.2, 0.25) is 6.29 Å². The van der Waals surface area contributed by atoms with Crippen molar-refractivity contribution in [1.82, 2.24) is 14.1 Å². The maximum absolute atomic E-state index is 14.3. The summed E-state index contributed by atoms with van der Waals surface area (Å²) >= 11 is 8.16. The number of morpholine rings is 1. The number of benzene rings is 5. The van der Waals surface area contributed by atoms with Gasteiger partial charge in [0.25, 0.3) is 25.8 Å². The molecule has 9 rings (SSSR count). The number of anilines is 1. The lowest BCUT2D eigenvalue weighted by Gasteiger charge is -2.39. The van der Waals surface area contributed by atoms with Crippen molar-refractivity contribution in [3.8, 4) is 5.75 Å². The summed E-state index contributed by atoms with van der Waals surface area (Å²) in [5, 5.41) is 11.0. The van der Waals surface area contributed by atoms with Gasteiger partial charge >= 0.3 is 5.51 Å². The number of sulfonamides is 1. The maximum Gasteiger partial charge on any atom is 0.501 e. The molecule has 3 saturated heterocycles. The van der Waals surface area contributed by atoms with Gasteiger partial charge in [-0.1, -0.05) is 79.6 Å². The highest BCUT2D eigenvalue weighted by Gasteiger charge is 2.48. The molecule has 4 aliphatic rings. The van der Waals surface area contributed by atoms with Crippen molar-refractivity contribution in [2.24, 2.45) is 5.41 Å². The molecule has 2 unspecified atom stereocenters. The first-order valence-electron chi connectivity index (χ1n) is 27.2. The topological polar surface area (TPSA) is 146 Å². The number of aliphatic hydroxyl groups is 1. The molecule has 1 N–H and O–H groups in total. The van der Waals surface area contributed by atoms with Crippen molar-refractivity contribution in [3.63, 3.8) is 0 Å². The number of piperazine rings is 1. The van der Waals surface area contributed by atoms with Gasteiger partial charge in [-0.25, -0.2) is 21.1 Å². The molecular weight excluding hydrogens is 1110 g/mol. The van der Waals surface area contributed by atoms with Crippen LogP contribution >= 0.6 is 23.4 Å². The van der Waals surface area contributed by atoms with Crippen molar-refractivity contribution in [1.29, 1.82) is 0 Å². The van der Waals surface area contributed by atoms with Gasteiger partial charge in [0.05, 0.1) is 36.2 Å². The van der Waals surface area contributed by atoms with E-state index in [1.54, 1.807) is 12.1 Å². The molecule has 0 aromatic heterocycles. The van der Waals surface area contributed by atoms with Crippen LogP contribution in [0.2, 0.25) is 5.02 Å². The Bertz CT molecular complexity index is 3100. The van der Waals surface area contributed by atoms with E-state index < -0.39 is 60.0 Å². The number of hydrogen-bond donors (Lipinski definition) is 1. The van der Waals surface area contributed by atoms with Crippen LogP contribution in [0.1, 0.15) is 85.8 Å². The van der Waals surface area contributed by atoms with Gasteiger partial charge in [0, 0.05) is 67.0 Å². The van der Waals surface area contributed by atoms with Crippen LogP contribution in [-0.2, 0) is 35.9 Å². The Kier molecular flexibility index (Phi) is 20.9. The summed E-state index contributed by atoms with van der Waals surface area (Å²) in [4.78, 5) is 20.8. The zero-order valence-electron chi connectivity index (χ0n) is 45.6. The minimum absolute atomic E-state index is 0.0128. The molecule has 0 spiro atoms. The highest BCUT2D eigenvalue weighted by atomic mass is 35.5. The molecule has 3 fully saturated rings. The van der Waals surface area contributed by atoms with Crippen molar-refractivity contribution in [2.45, 2.75) is 105 Å². The smallest absolute Gasteiger partial charge is 0.462 e. The van der Waals surface area contributed by atoms with Crippen molar-refractivity contribution < 1.29 is 54.1 Å². The standard InChI is InChI=1S/C46H51ClF3N3O8S2.C14H21NOS/c1-31-6-19-39(27-42(31)62(56,57)46(48,49)50)63(58,59)53(29-32-7-17-38(18-8-32)61-44-41(54)5-4-26-60-44)43(55)34-11-15-37(16-12-34)52-24-22-51(23-25-52)30-35-28-45(2,3)21-20-40(35)33-9-13-36(47)14-10-33;1-2-6-14(7-3-1)17-13-5-4-8-15-9-11-16-12-10-15/h6-19,27,41,44,54H,4-5,20-26,28-30H2,1-3H3;1-3,6-7H,4-5,8-13H2. The SMILES string of the molecule is Cc1ccc(S(=O)(=O)N(Cc2ccc(OC3OCCCC3O)cc2)C(=O)c2ccc(N3CCN(CC4=C(c5ccc(Cl)cc5)CCC(C)(C)C4)CC3)cc2)cc1S(=O)(=O)C(F)(F)F.c1ccc(SCCCCN2CCOCC2)cc1. The third-order valence-corrected chi connectivity index (χ3v) is 19.6. The predicted octanol–water partition coefficient (Wildman–Crippen LogP) is 11.5. The van der Waals surface area contributed by atoms with E-state index in [0.29, 0.717) is 59.2 Å². The maximum atomic E-state index is 14.3. The lowest BCUT2D eigenvalue weighted by atomic mass is 9.73. The van der Waals surface area contributed by atoms with Crippen LogP contribution in [0.3, 0.4) is 0 Å². The molecule has 2 atom stereocenters. The third kappa shape index (κ3) is 16.2. The number of halogens is 4. The molecule has 0 bridgehead atoms. The minimum atomic E-state index is -5.94. The fourth-order valence-electron chi connectivity index (χ4n) is 10.3. The summed E-state index contributed by atoms with van der Waals surface area (Å²) in [6.45, 7) is 14.8. The van der Waals surface area contributed by atoms with Crippen LogP contribution in [0, 0.1) is 12.3 Å². The first kappa shape index (κ1) is 61.1. The lowest BCUT2D eigenvalue weighted by Crippen LogP contribution is -2.47. The number of thioether (sulfide) groups is 1. The molecule has 80 heavy (non-hydrogen) atoms. The van der Waals surface area contributed by atoms with Gasteiger partial charge < -0.3 is 24.2 Å². The van der Waals surface area contributed by atoms with E-state index in [-0.39, 0.29) is 16.5 Å². The number of nitrogens with zero attached hydrogens (tertiary/aromatic N) is 4. The number of ether oxygens (including phenoxy) is 3. The van der Waals surface area contributed by atoms with Crippen LogP contribution in [0.15, 0.2) is 142 Å². The lowest BCUT2D eigenvalue weighted by molar-refractivity contribution is -0.170. The first-order chi connectivity index (χ1) is 38.2. The largest absolute Gasteiger partial charge is 0.501 e. The Morgan fingerprint density at radius 2 is 1.52 bits per heavy atom. The fourth-order valence-corrected chi connectivity index (χ4v) is 13.9. The second-order valence-electron chi connectivity index (χ2n) is 21.5. The van der Waals surface area contributed by atoms with Gasteiger partial charge in [-0.05, 0) is 165 Å². The van der Waals surface area contributed by atoms with E-state index in [4.69, 9.17) is 25.8 Å². The number of aryl methyl sites for hydroxylation is 1. The zero-order chi connectivity index (χ0) is 57.1. The minimum Gasteiger partial charge on any atom is -0.462 e. The molecule has 3 aliphatic heterocycles. The summed E-state index contributed by atoms with van der Waals surface area (Å²) in [6.07, 6.45) is 5.14. The molecule has 20 heteroatoms.